The van der Waals surface area contributed by atoms with Crippen molar-refractivity contribution < 1.29 is 22.7 Å². The van der Waals surface area contributed by atoms with Gasteiger partial charge in [-0.25, -0.2) is 13.2 Å². The molecule has 0 amide bonds. The fourth-order valence-electron chi connectivity index (χ4n) is 3.91. The van der Waals surface area contributed by atoms with E-state index in [4.69, 9.17) is 9.47 Å². The summed E-state index contributed by atoms with van der Waals surface area (Å²) >= 11 is 0. The maximum absolute atomic E-state index is 12.7. The predicted octanol–water partition coefficient (Wildman–Crippen LogP) is 1.98. The van der Waals surface area contributed by atoms with Gasteiger partial charge in [-0.3, -0.25) is 0 Å². The Morgan fingerprint density at radius 3 is 2.43 bits per heavy atom. The Morgan fingerprint density at radius 2 is 1.79 bits per heavy atom. The van der Waals surface area contributed by atoms with Crippen LogP contribution < -0.4 is 0 Å². The van der Waals surface area contributed by atoms with Crippen LogP contribution in [0.5, 0.6) is 0 Å². The fourth-order valence-corrected chi connectivity index (χ4v) is 5.32. The molecule has 8 heteroatoms. The number of nitrogens with zero attached hydrogens (tertiary/aromatic N) is 2. The Bertz CT molecular complexity index is 757. The minimum absolute atomic E-state index is 0.0830. The van der Waals surface area contributed by atoms with Crippen molar-refractivity contribution in [3.05, 3.63) is 29.8 Å². The molecule has 1 aliphatic heterocycles. The smallest absolute Gasteiger partial charge is 0.338 e. The molecule has 28 heavy (non-hydrogen) atoms. The van der Waals surface area contributed by atoms with Gasteiger partial charge in [0.05, 0.1) is 23.7 Å². The molecular formula is C20H30N2O5S. The Morgan fingerprint density at radius 1 is 1.14 bits per heavy atom. The van der Waals surface area contributed by atoms with E-state index in [0.29, 0.717) is 37.8 Å². The highest BCUT2D eigenvalue weighted by Crippen LogP contribution is 2.28. The molecule has 0 aromatic heterocycles. The second-order valence-electron chi connectivity index (χ2n) is 7.79. The Hall–Kier alpha value is -1.48. The van der Waals surface area contributed by atoms with E-state index in [2.05, 4.69) is 4.90 Å². The molecule has 1 saturated carbocycles. The second kappa shape index (κ2) is 9.35. The van der Waals surface area contributed by atoms with E-state index in [1.807, 2.05) is 14.1 Å². The topological polar surface area (TPSA) is 76.2 Å². The van der Waals surface area contributed by atoms with Crippen LogP contribution in [0.2, 0.25) is 0 Å². The molecule has 2 aliphatic rings. The molecule has 1 aromatic carbocycles. The van der Waals surface area contributed by atoms with E-state index in [1.165, 1.54) is 22.9 Å². The number of ether oxygens (including phenoxy) is 2. The van der Waals surface area contributed by atoms with E-state index < -0.39 is 10.0 Å². The van der Waals surface area contributed by atoms with Crippen molar-refractivity contribution in [3.63, 3.8) is 0 Å². The number of hydrogen-bond acceptors (Lipinski definition) is 6. The molecule has 2 atom stereocenters. The zero-order chi connectivity index (χ0) is 20.1. The number of hydrogen-bond donors (Lipinski definition) is 0. The lowest BCUT2D eigenvalue weighted by Gasteiger charge is -2.32. The monoisotopic (exact) mass is 410 g/mol. The molecule has 1 aliphatic carbocycles. The van der Waals surface area contributed by atoms with Crippen LogP contribution in [0.4, 0.5) is 0 Å². The third-order valence-electron chi connectivity index (χ3n) is 5.40. The molecule has 0 radical (unpaired) electrons. The molecule has 3 rings (SSSR count). The molecule has 0 bridgehead atoms. The fraction of sp³-hybridized carbons (Fsp3) is 0.650. The summed E-state index contributed by atoms with van der Waals surface area (Å²) in [5, 5.41) is 0. The average molecular weight is 411 g/mol. The van der Waals surface area contributed by atoms with Crippen molar-refractivity contribution in [2.45, 2.75) is 36.7 Å². The zero-order valence-corrected chi connectivity index (χ0v) is 17.5. The lowest BCUT2D eigenvalue weighted by atomic mass is 9.86. The summed E-state index contributed by atoms with van der Waals surface area (Å²) in [6, 6.07) is 6.05. The first-order valence-electron chi connectivity index (χ1n) is 9.91. The van der Waals surface area contributed by atoms with Crippen molar-refractivity contribution in [3.8, 4) is 0 Å². The van der Waals surface area contributed by atoms with E-state index >= 15 is 0 Å². The Labute approximate surface area is 167 Å². The number of sulfonamides is 1. The van der Waals surface area contributed by atoms with Gasteiger partial charge >= 0.3 is 5.97 Å². The summed E-state index contributed by atoms with van der Waals surface area (Å²) in [6.45, 7) is 2.40. The van der Waals surface area contributed by atoms with Crippen LogP contribution in [0.3, 0.4) is 0 Å². The van der Waals surface area contributed by atoms with Crippen LogP contribution in [0.1, 0.15) is 36.0 Å². The summed E-state index contributed by atoms with van der Waals surface area (Å²) < 4.78 is 37.8. The highest BCUT2D eigenvalue weighted by molar-refractivity contribution is 7.89. The number of rotatable bonds is 6. The van der Waals surface area contributed by atoms with Gasteiger partial charge in [-0.05, 0) is 57.6 Å². The maximum atomic E-state index is 12.7. The lowest BCUT2D eigenvalue weighted by molar-refractivity contribution is -0.00325. The average Bonchev–Trinajstić information content (AvgIpc) is 2.70. The number of morpholine rings is 1. The minimum atomic E-state index is -3.56. The van der Waals surface area contributed by atoms with Crippen LogP contribution >= 0.6 is 0 Å². The largest absolute Gasteiger partial charge is 0.458 e. The van der Waals surface area contributed by atoms with Crippen molar-refractivity contribution >= 4 is 16.0 Å². The van der Waals surface area contributed by atoms with Gasteiger partial charge in [-0.15, -0.1) is 0 Å². The summed E-state index contributed by atoms with van der Waals surface area (Å²) in [5.41, 5.74) is 0.384. The van der Waals surface area contributed by atoms with E-state index in [0.717, 1.165) is 25.8 Å². The summed E-state index contributed by atoms with van der Waals surface area (Å²) in [4.78, 5) is 14.9. The van der Waals surface area contributed by atoms with Crippen LogP contribution in [-0.4, -0.2) is 76.6 Å². The van der Waals surface area contributed by atoms with Crippen LogP contribution in [0.25, 0.3) is 0 Å². The molecule has 1 saturated heterocycles. The number of esters is 1. The van der Waals surface area contributed by atoms with E-state index in [-0.39, 0.29) is 17.0 Å². The standard InChI is InChI=1S/C20H30N2O5S/c1-21(2)15-17-5-3-4-6-19(17)27-20(23)16-7-9-18(10-8-16)28(24,25)22-11-13-26-14-12-22/h7-10,17,19H,3-6,11-15H2,1-2H3. The summed E-state index contributed by atoms with van der Waals surface area (Å²) in [6.07, 6.45) is 4.10. The van der Waals surface area contributed by atoms with Gasteiger partial charge in [0.15, 0.2) is 0 Å². The van der Waals surface area contributed by atoms with Crippen molar-refractivity contribution in [1.82, 2.24) is 9.21 Å². The van der Waals surface area contributed by atoms with Crippen molar-refractivity contribution in [2.24, 2.45) is 5.92 Å². The van der Waals surface area contributed by atoms with Crippen LogP contribution in [0.15, 0.2) is 29.2 Å². The summed E-state index contributed by atoms with van der Waals surface area (Å²) in [7, 11) is 0.500. The molecule has 0 N–H and O–H groups in total. The number of carbonyl (C=O) groups excluding carboxylic acids is 1. The van der Waals surface area contributed by atoms with Gasteiger partial charge in [-0.2, -0.15) is 4.31 Å². The first kappa shape index (κ1) is 21.2. The minimum Gasteiger partial charge on any atom is -0.458 e. The number of carbonyl (C=O) groups is 1. The highest BCUT2D eigenvalue weighted by Gasteiger charge is 2.30. The second-order valence-corrected chi connectivity index (χ2v) is 9.73. The van der Waals surface area contributed by atoms with E-state index in [9.17, 15) is 13.2 Å². The van der Waals surface area contributed by atoms with Gasteiger partial charge in [0.1, 0.15) is 6.10 Å². The SMILES string of the molecule is CN(C)CC1CCCCC1OC(=O)c1ccc(S(=O)(=O)N2CCOCC2)cc1. The van der Waals surface area contributed by atoms with Crippen LogP contribution in [-0.2, 0) is 19.5 Å². The molecule has 1 heterocycles. The summed E-state index contributed by atoms with van der Waals surface area (Å²) in [5.74, 6) is -0.0420. The third kappa shape index (κ3) is 5.11. The molecule has 156 valence electrons. The Balaban J connectivity index is 1.66. The first-order chi connectivity index (χ1) is 13.4. The van der Waals surface area contributed by atoms with Gasteiger partial charge < -0.3 is 14.4 Å². The third-order valence-corrected chi connectivity index (χ3v) is 7.31. The van der Waals surface area contributed by atoms with Crippen LogP contribution in [0, 0.1) is 5.92 Å². The molecular weight excluding hydrogens is 380 g/mol. The van der Waals surface area contributed by atoms with Crippen molar-refractivity contribution in [1.29, 1.82) is 0 Å². The van der Waals surface area contributed by atoms with Gasteiger partial charge in [0, 0.05) is 25.6 Å². The predicted molar refractivity (Wildman–Crippen MR) is 106 cm³/mol. The molecule has 2 unspecified atom stereocenters. The Kier molecular flexibility index (Phi) is 7.09. The maximum Gasteiger partial charge on any atom is 0.338 e. The molecule has 0 spiro atoms. The van der Waals surface area contributed by atoms with E-state index in [1.54, 1.807) is 12.1 Å². The molecule has 2 fully saturated rings. The normalized spacial score (nSPS) is 24.2. The van der Waals surface area contributed by atoms with Crippen molar-refractivity contribution in [2.75, 3.05) is 46.9 Å². The zero-order valence-electron chi connectivity index (χ0n) is 16.7. The molecule has 1 aromatic rings. The van der Waals surface area contributed by atoms with Gasteiger partial charge in [-0.1, -0.05) is 6.42 Å². The quantitative estimate of drug-likeness (QED) is 0.668. The lowest BCUT2D eigenvalue weighted by Crippen LogP contribution is -2.40. The first-order valence-corrected chi connectivity index (χ1v) is 11.4. The highest BCUT2D eigenvalue weighted by atomic mass is 32.2. The molecule has 7 nitrogen and oxygen atoms in total. The van der Waals surface area contributed by atoms with Gasteiger partial charge in [0.25, 0.3) is 0 Å². The number of benzene rings is 1. The van der Waals surface area contributed by atoms with Gasteiger partial charge in [0.2, 0.25) is 10.0 Å².